The van der Waals surface area contributed by atoms with Gasteiger partial charge < -0.3 is 15.0 Å². The first-order valence-corrected chi connectivity index (χ1v) is 8.93. The summed E-state index contributed by atoms with van der Waals surface area (Å²) in [5.74, 6) is 0. The maximum Gasteiger partial charge on any atom is 0.410 e. The van der Waals surface area contributed by atoms with Crippen molar-refractivity contribution in [1.29, 1.82) is 0 Å². The van der Waals surface area contributed by atoms with Gasteiger partial charge in [-0.3, -0.25) is 0 Å². The van der Waals surface area contributed by atoms with Crippen LogP contribution in [0.2, 0.25) is 0 Å². The zero-order chi connectivity index (χ0) is 16.8. The van der Waals surface area contributed by atoms with E-state index in [0.29, 0.717) is 6.61 Å². The van der Waals surface area contributed by atoms with Crippen molar-refractivity contribution in [3.8, 4) is 0 Å². The first-order chi connectivity index (χ1) is 10.2. The summed E-state index contributed by atoms with van der Waals surface area (Å²) in [5.41, 5.74) is 0.0845. The van der Waals surface area contributed by atoms with E-state index in [-0.39, 0.29) is 23.2 Å². The van der Waals surface area contributed by atoms with Crippen molar-refractivity contribution in [2.45, 2.75) is 97.2 Å². The number of rotatable bonds is 7. The number of ether oxygens (including phenoxy) is 1. The molecule has 1 fully saturated rings. The second-order valence-corrected chi connectivity index (χ2v) is 7.97. The summed E-state index contributed by atoms with van der Waals surface area (Å²) in [7, 11) is 0. The molecule has 22 heavy (non-hydrogen) atoms. The number of carbonyl (C=O) groups excluding carboxylic acids is 1. The third-order valence-electron chi connectivity index (χ3n) is 4.32. The molecule has 0 unspecified atom stereocenters. The standard InChI is InChI=1S/C18H36N2O2/c1-7-9-11-20(16(21)22-12-10-8-2)15-13-17(3,4)19-18(5,6)14-15/h15,19H,7-14H2,1-6H3. The molecule has 0 aliphatic carbocycles. The molecular formula is C18H36N2O2. The minimum atomic E-state index is -0.125. The van der Waals surface area contributed by atoms with Gasteiger partial charge in [0.2, 0.25) is 0 Å². The number of amides is 1. The van der Waals surface area contributed by atoms with Gasteiger partial charge >= 0.3 is 6.09 Å². The summed E-state index contributed by atoms with van der Waals surface area (Å²) < 4.78 is 5.50. The Bertz CT molecular complexity index is 337. The van der Waals surface area contributed by atoms with Gasteiger partial charge in [-0.2, -0.15) is 0 Å². The molecular weight excluding hydrogens is 276 g/mol. The smallest absolute Gasteiger partial charge is 0.410 e. The Balaban J connectivity index is 2.78. The Kier molecular flexibility index (Phi) is 7.17. The van der Waals surface area contributed by atoms with E-state index >= 15 is 0 Å². The van der Waals surface area contributed by atoms with Gasteiger partial charge in [-0.25, -0.2) is 4.79 Å². The van der Waals surface area contributed by atoms with Crippen LogP contribution >= 0.6 is 0 Å². The van der Waals surface area contributed by atoms with Gasteiger partial charge in [0.1, 0.15) is 0 Å². The Morgan fingerprint density at radius 3 is 2.14 bits per heavy atom. The molecule has 1 rings (SSSR count). The van der Waals surface area contributed by atoms with Crippen LogP contribution in [0.15, 0.2) is 0 Å². The van der Waals surface area contributed by atoms with E-state index in [9.17, 15) is 4.79 Å². The lowest BCUT2D eigenvalue weighted by Gasteiger charge is -2.49. The highest BCUT2D eigenvalue weighted by Crippen LogP contribution is 2.32. The van der Waals surface area contributed by atoms with Crippen LogP contribution < -0.4 is 5.32 Å². The van der Waals surface area contributed by atoms with Crippen LogP contribution in [-0.4, -0.2) is 41.3 Å². The van der Waals surface area contributed by atoms with Crippen LogP contribution in [0, 0.1) is 0 Å². The van der Waals surface area contributed by atoms with Gasteiger partial charge in [0.05, 0.1) is 6.61 Å². The predicted octanol–water partition coefficient (Wildman–Crippen LogP) is 4.33. The zero-order valence-corrected chi connectivity index (χ0v) is 15.5. The van der Waals surface area contributed by atoms with Gasteiger partial charge in [-0.05, 0) is 53.4 Å². The molecule has 0 radical (unpaired) electrons. The molecule has 0 saturated carbocycles. The van der Waals surface area contributed by atoms with Crippen molar-refractivity contribution in [1.82, 2.24) is 10.2 Å². The molecule has 130 valence electrons. The largest absolute Gasteiger partial charge is 0.449 e. The number of piperidine rings is 1. The summed E-state index contributed by atoms with van der Waals surface area (Å²) in [4.78, 5) is 14.5. The summed E-state index contributed by atoms with van der Waals surface area (Å²) >= 11 is 0. The highest BCUT2D eigenvalue weighted by atomic mass is 16.6. The van der Waals surface area contributed by atoms with E-state index in [2.05, 4.69) is 46.9 Å². The number of unbranched alkanes of at least 4 members (excludes halogenated alkanes) is 2. The van der Waals surface area contributed by atoms with Crippen LogP contribution in [0.4, 0.5) is 4.79 Å². The first kappa shape index (κ1) is 19.3. The summed E-state index contributed by atoms with van der Waals surface area (Å²) in [5, 5.41) is 3.69. The maximum atomic E-state index is 12.5. The van der Waals surface area contributed by atoms with E-state index in [4.69, 9.17) is 4.74 Å². The number of nitrogens with one attached hydrogen (secondary N) is 1. The van der Waals surface area contributed by atoms with Crippen molar-refractivity contribution in [2.75, 3.05) is 13.2 Å². The molecule has 1 saturated heterocycles. The SMILES string of the molecule is CCCCOC(=O)N(CCCC)C1CC(C)(C)NC(C)(C)C1. The molecule has 0 spiro atoms. The minimum absolute atomic E-state index is 0.0422. The molecule has 0 aromatic rings. The molecule has 0 aromatic heterocycles. The second-order valence-electron chi connectivity index (χ2n) is 7.97. The topological polar surface area (TPSA) is 41.6 Å². The van der Waals surface area contributed by atoms with Gasteiger partial charge in [0, 0.05) is 23.7 Å². The Morgan fingerprint density at radius 2 is 1.64 bits per heavy atom. The van der Waals surface area contributed by atoms with E-state index in [1.165, 1.54) is 0 Å². The normalized spacial score (nSPS) is 20.6. The third kappa shape index (κ3) is 6.15. The highest BCUT2D eigenvalue weighted by Gasteiger charge is 2.41. The first-order valence-electron chi connectivity index (χ1n) is 8.93. The lowest BCUT2D eigenvalue weighted by atomic mass is 9.79. The van der Waals surface area contributed by atoms with Crippen LogP contribution in [0.5, 0.6) is 0 Å². The molecule has 4 heteroatoms. The summed E-state index contributed by atoms with van der Waals surface area (Å²) in [6, 6.07) is 0.256. The third-order valence-corrected chi connectivity index (χ3v) is 4.32. The zero-order valence-electron chi connectivity index (χ0n) is 15.5. The molecule has 1 aliphatic rings. The lowest BCUT2D eigenvalue weighted by molar-refractivity contribution is 0.0439. The lowest BCUT2D eigenvalue weighted by Crippen LogP contribution is -2.63. The summed E-state index contributed by atoms with van der Waals surface area (Å²) in [6.45, 7) is 14.5. The van der Waals surface area contributed by atoms with Gasteiger partial charge in [0.15, 0.2) is 0 Å². The average molecular weight is 312 g/mol. The van der Waals surface area contributed by atoms with Crippen molar-refractivity contribution >= 4 is 6.09 Å². The number of nitrogens with zero attached hydrogens (tertiary/aromatic N) is 1. The molecule has 1 heterocycles. The average Bonchev–Trinajstić information content (AvgIpc) is 2.35. The highest BCUT2D eigenvalue weighted by molar-refractivity contribution is 5.68. The predicted molar refractivity (Wildman–Crippen MR) is 92.2 cm³/mol. The molecule has 1 amide bonds. The fraction of sp³-hybridized carbons (Fsp3) is 0.944. The van der Waals surface area contributed by atoms with E-state index < -0.39 is 0 Å². The quantitative estimate of drug-likeness (QED) is 0.711. The van der Waals surface area contributed by atoms with E-state index in [1.807, 2.05) is 4.90 Å². The summed E-state index contributed by atoms with van der Waals surface area (Å²) in [6.07, 6.45) is 5.95. The van der Waals surface area contributed by atoms with Gasteiger partial charge in [-0.1, -0.05) is 26.7 Å². The van der Waals surface area contributed by atoms with Crippen LogP contribution in [0.25, 0.3) is 0 Å². The van der Waals surface area contributed by atoms with Crippen LogP contribution in [0.3, 0.4) is 0 Å². The van der Waals surface area contributed by atoms with Gasteiger partial charge in [-0.15, -0.1) is 0 Å². The molecule has 0 bridgehead atoms. The minimum Gasteiger partial charge on any atom is -0.449 e. The van der Waals surface area contributed by atoms with Crippen LogP contribution in [0.1, 0.15) is 80.1 Å². The van der Waals surface area contributed by atoms with Crippen molar-refractivity contribution in [2.24, 2.45) is 0 Å². The number of hydrogen-bond acceptors (Lipinski definition) is 3. The second kappa shape index (κ2) is 8.19. The number of carbonyl (C=O) groups is 1. The molecule has 4 nitrogen and oxygen atoms in total. The van der Waals surface area contributed by atoms with Crippen molar-refractivity contribution < 1.29 is 9.53 Å². The maximum absolute atomic E-state index is 12.5. The molecule has 0 atom stereocenters. The molecule has 0 aromatic carbocycles. The number of hydrogen-bond donors (Lipinski definition) is 1. The van der Waals surface area contributed by atoms with Crippen molar-refractivity contribution in [3.63, 3.8) is 0 Å². The van der Waals surface area contributed by atoms with Gasteiger partial charge in [0.25, 0.3) is 0 Å². The fourth-order valence-corrected chi connectivity index (χ4v) is 3.63. The monoisotopic (exact) mass is 312 g/mol. The Morgan fingerprint density at radius 1 is 1.09 bits per heavy atom. The molecule has 1 aliphatic heterocycles. The Hall–Kier alpha value is -0.770. The van der Waals surface area contributed by atoms with E-state index in [0.717, 1.165) is 45.1 Å². The molecule has 1 N–H and O–H groups in total. The van der Waals surface area contributed by atoms with E-state index in [1.54, 1.807) is 0 Å². The van der Waals surface area contributed by atoms with Crippen molar-refractivity contribution in [3.05, 3.63) is 0 Å². The van der Waals surface area contributed by atoms with Crippen LogP contribution in [-0.2, 0) is 4.74 Å². The fourth-order valence-electron chi connectivity index (χ4n) is 3.63. The Labute approximate surface area is 137 Å².